The minimum atomic E-state index is 0.186. The molecule has 3 heterocycles. The Balaban J connectivity index is 1.66. The van der Waals surface area contributed by atoms with E-state index in [9.17, 15) is 4.79 Å². The molecular weight excluding hydrogens is 262 g/mol. The molecular formula is C17H19N3O. The number of Topliss-reactive ketones (excluding diaryl/α,β-unsaturated/α-hetero) is 1. The van der Waals surface area contributed by atoms with E-state index >= 15 is 0 Å². The molecule has 1 aliphatic rings. The first-order valence-electron chi connectivity index (χ1n) is 7.30. The van der Waals surface area contributed by atoms with Crippen molar-refractivity contribution in [2.45, 2.75) is 12.8 Å². The molecule has 0 saturated carbocycles. The topological polar surface area (TPSA) is 46.1 Å². The van der Waals surface area contributed by atoms with Crippen molar-refractivity contribution in [1.82, 2.24) is 14.9 Å². The number of rotatable bonds is 4. The highest BCUT2D eigenvalue weighted by Crippen LogP contribution is 2.18. The van der Waals surface area contributed by atoms with Gasteiger partial charge in [-0.1, -0.05) is 12.1 Å². The summed E-state index contributed by atoms with van der Waals surface area (Å²) in [5.74, 6) is 0.511. The second-order valence-corrected chi connectivity index (χ2v) is 5.66. The normalized spacial score (nSPS) is 18.8. The van der Waals surface area contributed by atoms with Crippen LogP contribution in [0.5, 0.6) is 0 Å². The number of aromatic nitrogens is 2. The third-order valence-corrected chi connectivity index (χ3v) is 3.98. The summed E-state index contributed by atoms with van der Waals surface area (Å²) in [6.45, 7) is 1.91. The van der Waals surface area contributed by atoms with Crippen molar-refractivity contribution in [2.75, 3.05) is 20.1 Å². The van der Waals surface area contributed by atoms with E-state index < -0.39 is 0 Å². The second-order valence-electron chi connectivity index (χ2n) is 5.66. The molecule has 4 nitrogen and oxygen atoms in total. The number of carbonyl (C=O) groups is 1. The highest BCUT2D eigenvalue weighted by atomic mass is 16.1. The largest absolute Gasteiger partial charge is 0.306 e. The summed E-state index contributed by atoms with van der Waals surface area (Å²) in [5.41, 5.74) is 2.68. The van der Waals surface area contributed by atoms with Crippen LogP contribution in [0.4, 0.5) is 0 Å². The monoisotopic (exact) mass is 281 g/mol. The third-order valence-electron chi connectivity index (χ3n) is 3.98. The quantitative estimate of drug-likeness (QED) is 0.862. The lowest BCUT2D eigenvalue weighted by Gasteiger charge is -2.09. The Morgan fingerprint density at radius 3 is 2.71 bits per heavy atom. The van der Waals surface area contributed by atoms with Gasteiger partial charge in [0.05, 0.1) is 11.4 Å². The zero-order valence-corrected chi connectivity index (χ0v) is 12.2. The lowest BCUT2D eigenvalue weighted by Crippen LogP contribution is -2.21. The van der Waals surface area contributed by atoms with Gasteiger partial charge in [-0.25, -0.2) is 0 Å². The van der Waals surface area contributed by atoms with Crippen LogP contribution in [0.25, 0.3) is 11.4 Å². The van der Waals surface area contributed by atoms with Gasteiger partial charge in [-0.05, 0) is 43.8 Å². The maximum atomic E-state index is 12.2. The predicted molar refractivity (Wildman–Crippen MR) is 81.8 cm³/mol. The zero-order chi connectivity index (χ0) is 14.7. The zero-order valence-electron chi connectivity index (χ0n) is 12.2. The SMILES string of the molecule is CN1CCC(C(=O)Cc2ccc(-c3ccccn3)nc2)C1. The molecule has 4 heteroatoms. The van der Waals surface area contributed by atoms with Crippen LogP contribution in [0.1, 0.15) is 12.0 Å². The van der Waals surface area contributed by atoms with Crippen molar-refractivity contribution < 1.29 is 4.79 Å². The van der Waals surface area contributed by atoms with E-state index in [4.69, 9.17) is 0 Å². The highest BCUT2D eigenvalue weighted by Gasteiger charge is 2.25. The van der Waals surface area contributed by atoms with E-state index in [1.54, 1.807) is 12.4 Å². The van der Waals surface area contributed by atoms with Gasteiger partial charge in [-0.2, -0.15) is 0 Å². The van der Waals surface area contributed by atoms with Crippen molar-refractivity contribution in [3.05, 3.63) is 48.3 Å². The number of carbonyl (C=O) groups excluding carboxylic acids is 1. The maximum absolute atomic E-state index is 12.2. The molecule has 2 aromatic heterocycles. The second kappa shape index (κ2) is 6.14. The van der Waals surface area contributed by atoms with Crippen molar-refractivity contribution >= 4 is 5.78 Å². The fourth-order valence-corrected chi connectivity index (χ4v) is 2.74. The van der Waals surface area contributed by atoms with Crippen LogP contribution < -0.4 is 0 Å². The van der Waals surface area contributed by atoms with Crippen molar-refractivity contribution in [3.63, 3.8) is 0 Å². The van der Waals surface area contributed by atoms with Gasteiger partial charge in [-0.15, -0.1) is 0 Å². The van der Waals surface area contributed by atoms with E-state index in [-0.39, 0.29) is 5.92 Å². The Kier molecular flexibility index (Phi) is 4.06. The first-order valence-corrected chi connectivity index (χ1v) is 7.30. The van der Waals surface area contributed by atoms with Gasteiger partial charge in [0.25, 0.3) is 0 Å². The number of pyridine rings is 2. The average molecular weight is 281 g/mol. The summed E-state index contributed by atoms with van der Waals surface area (Å²) in [7, 11) is 2.07. The summed E-state index contributed by atoms with van der Waals surface area (Å²) >= 11 is 0. The Morgan fingerprint density at radius 2 is 2.10 bits per heavy atom. The molecule has 21 heavy (non-hydrogen) atoms. The Labute approximate surface area is 124 Å². The lowest BCUT2D eigenvalue weighted by molar-refractivity contribution is -0.121. The van der Waals surface area contributed by atoms with Crippen molar-refractivity contribution in [1.29, 1.82) is 0 Å². The molecule has 2 aromatic rings. The molecule has 1 fully saturated rings. The first kappa shape index (κ1) is 13.9. The number of hydrogen-bond donors (Lipinski definition) is 0. The standard InChI is InChI=1S/C17H19N3O/c1-20-9-7-14(12-20)17(21)10-13-5-6-16(19-11-13)15-4-2-3-8-18-15/h2-6,8,11,14H,7,9-10,12H2,1H3. The van der Waals surface area contributed by atoms with Crippen LogP contribution in [0.15, 0.2) is 42.7 Å². The van der Waals surface area contributed by atoms with E-state index in [0.29, 0.717) is 12.2 Å². The third kappa shape index (κ3) is 3.34. The molecule has 0 N–H and O–H groups in total. The molecule has 0 bridgehead atoms. The molecule has 0 aromatic carbocycles. The smallest absolute Gasteiger partial charge is 0.141 e. The molecule has 1 atom stereocenters. The Bertz CT molecular complexity index is 610. The van der Waals surface area contributed by atoms with Gasteiger partial charge in [0.15, 0.2) is 0 Å². The van der Waals surface area contributed by atoms with Gasteiger partial charge < -0.3 is 4.90 Å². The number of ketones is 1. The van der Waals surface area contributed by atoms with Crippen molar-refractivity contribution in [3.8, 4) is 11.4 Å². The van der Waals surface area contributed by atoms with Crippen LogP contribution in [0.3, 0.4) is 0 Å². The summed E-state index contributed by atoms with van der Waals surface area (Å²) in [4.78, 5) is 23.2. The highest BCUT2D eigenvalue weighted by molar-refractivity contribution is 5.83. The van der Waals surface area contributed by atoms with Crippen LogP contribution >= 0.6 is 0 Å². The van der Waals surface area contributed by atoms with Crippen molar-refractivity contribution in [2.24, 2.45) is 5.92 Å². The fourth-order valence-electron chi connectivity index (χ4n) is 2.74. The van der Waals surface area contributed by atoms with Crippen LogP contribution in [0.2, 0.25) is 0 Å². The summed E-state index contributed by atoms with van der Waals surface area (Å²) < 4.78 is 0. The molecule has 108 valence electrons. The van der Waals surface area contributed by atoms with Crippen LogP contribution in [-0.4, -0.2) is 40.8 Å². The van der Waals surface area contributed by atoms with E-state index in [0.717, 1.165) is 36.5 Å². The Morgan fingerprint density at radius 1 is 1.24 bits per heavy atom. The van der Waals surface area contributed by atoms with Gasteiger partial charge in [-0.3, -0.25) is 14.8 Å². The molecule has 1 saturated heterocycles. The van der Waals surface area contributed by atoms with E-state index in [1.807, 2.05) is 30.3 Å². The maximum Gasteiger partial charge on any atom is 0.141 e. The minimum absolute atomic E-state index is 0.186. The predicted octanol–water partition coefficient (Wildman–Crippen LogP) is 2.21. The molecule has 0 radical (unpaired) electrons. The molecule has 3 rings (SSSR count). The molecule has 1 unspecified atom stereocenters. The van der Waals surface area contributed by atoms with Gasteiger partial charge in [0, 0.05) is 31.3 Å². The van der Waals surface area contributed by atoms with Crippen LogP contribution in [-0.2, 0) is 11.2 Å². The Hall–Kier alpha value is -2.07. The number of hydrogen-bond acceptors (Lipinski definition) is 4. The number of likely N-dealkylation sites (tertiary alicyclic amines) is 1. The minimum Gasteiger partial charge on any atom is -0.306 e. The molecule has 0 amide bonds. The molecule has 0 spiro atoms. The summed E-state index contributed by atoms with van der Waals surface area (Å²) in [6.07, 6.45) is 5.01. The fraction of sp³-hybridized carbons (Fsp3) is 0.353. The van der Waals surface area contributed by atoms with Gasteiger partial charge in [0.1, 0.15) is 5.78 Å². The summed E-state index contributed by atoms with van der Waals surface area (Å²) in [6, 6.07) is 9.67. The lowest BCUT2D eigenvalue weighted by atomic mass is 9.98. The first-order chi connectivity index (χ1) is 10.2. The number of nitrogens with zero attached hydrogens (tertiary/aromatic N) is 3. The van der Waals surface area contributed by atoms with E-state index in [1.165, 1.54) is 0 Å². The van der Waals surface area contributed by atoms with Crippen LogP contribution in [0, 0.1) is 5.92 Å². The molecule has 1 aliphatic heterocycles. The molecule has 0 aliphatic carbocycles. The van der Waals surface area contributed by atoms with Gasteiger partial charge >= 0.3 is 0 Å². The summed E-state index contributed by atoms with van der Waals surface area (Å²) in [5, 5.41) is 0. The van der Waals surface area contributed by atoms with Gasteiger partial charge in [0.2, 0.25) is 0 Å². The average Bonchev–Trinajstić information content (AvgIpc) is 2.96. The van der Waals surface area contributed by atoms with E-state index in [2.05, 4.69) is 21.9 Å².